The Morgan fingerprint density at radius 3 is 2.22 bits per heavy atom. The molecule has 4 aromatic rings. The van der Waals surface area contributed by atoms with E-state index in [9.17, 15) is 4.79 Å². The summed E-state index contributed by atoms with van der Waals surface area (Å²) in [5.41, 5.74) is 4.72. The third-order valence-corrected chi connectivity index (χ3v) is 6.15. The van der Waals surface area contributed by atoms with Crippen molar-refractivity contribution >= 4 is 17.5 Å². The molecular formula is C27H25NO3S. The van der Waals surface area contributed by atoms with Gasteiger partial charge in [0.15, 0.2) is 6.61 Å². The summed E-state index contributed by atoms with van der Waals surface area (Å²) in [5, 5.41) is 8.77. The maximum atomic E-state index is 10.7. The molecule has 0 atom stereocenters. The molecule has 0 saturated heterocycles. The van der Waals surface area contributed by atoms with E-state index in [-0.39, 0.29) is 12.5 Å². The SMILES string of the molecule is O=C(O)COc1cccc(CCCc2cc(C(c3ccccc3)c3ccccc3)ns2)c1. The number of nitrogens with zero attached hydrogens (tertiary/aromatic N) is 1. The van der Waals surface area contributed by atoms with Gasteiger partial charge >= 0.3 is 5.97 Å². The summed E-state index contributed by atoms with van der Waals surface area (Å²) >= 11 is 1.58. The van der Waals surface area contributed by atoms with Crippen molar-refractivity contribution in [3.63, 3.8) is 0 Å². The maximum Gasteiger partial charge on any atom is 0.341 e. The molecule has 1 heterocycles. The summed E-state index contributed by atoms with van der Waals surface area (Å²) in [5.74, 6) is -0.246. The molecule has 0 aliphatic rings. The zero-order valence-corrected chi connectivity index (χ0v) is 18.5. The van der Waals surface area contributed by atoms with Crippen LogP contribution >= 0.6 is 11.5 Å². The molecular weight excluding hydrogens is 418 g/mol. The van der Waals surface area contributed by atoms with Crippen molar-refractivity contribution in [2.45, 2.75) is 25.2 Å². The molecule has 0 bridgehead atoms. The van der Waals surface area contributed by atoms with Gasteiger partial charge in [0, 0.05) is 4.88 Å². The van der Waals surface area contributed by atoms with E-state index in [0.29, 0.717) is 5.75 Å². The fourth-order valence-electron chi connectivity index (χ4n) is 3.81. The molecule has 1 N–H and O–H groups in total. The molecule has 0 fully saturated rings. The lowest BCUT2D eigenvalue weighted by molar-refractivity contribution is -0.139. The summed E-state index contributed by atoms with van der Waals surface area (Å²) in [4.78, 5) is 12.0. The Bertz CT molecular complexity index is 1100. The average molecular weight is 444 g/mol. The van der Waals surface area contributed by atoms with Crippen molar-refractivity contribution in [2.24, 2.45) is 0 Å². The van der Waals surface area contributed by atoms with Gasteiger partial charge in [0.05, 0.1) is 11.6 Å². The lowest BCUT2D eigenvalue weighted by Gasteiger charge is -2.15. The van der Waals surface area contributed by atoms with Gasteiger partial charge in [-0.25, -0.2) is 4.79 Å². The van der Waals surface area contributed by atoms with Gasteiger partial charge < -0.3 is 9.84 Å². The minimum atomic E-state index is -0.972. The van der Waals surface area contributed by atoms with Crippen molar-refractivity contribution < 1.29 is 14.6 Å². The number of aromatic nitrogens is 1. The van der Waals surface area contributed by atoms with Crippen LogP contribution in [0, 0.1) is 0 Å². The molecule has 0 unspecified atom stereocenters. The molecule has 4 nitrogen and oxygen atoms in total. The predicted octanol–water partition coefficient (Wildman–Crippen LogP) is 5.96. The van der Waals surface area contributed by atoms with E-state index in [2.05, 4.69) is 54.6 Å². The number of aliphatic carboxylic acids is 1. The second kappa shape index (κ2) is 10.7. The fourth-order valence-corrected chi connectivity index (χ4v) is 4.60. The number of benzene rings is 3. The minimum absolute atomic E-state index is 0.130. The first kappa shape index (κ1) is 21.8. The van der Waals surface area contributed by atoms with Gasteiger partial charge in [0.2, 0.25) is 0 Å². The topological polar surface area (TPSA) is 59.4 Å². The second-order valence-electron chi connectivity index (χ2n) is 7.66. The first-order chi connectivity index (χ1) is 15.7. The van der Waals surface area contributed by atoms with Gasteiger partial charge in [-0.05, 0) is 65.7 Å². The quantitative estimate of drug-likeness (QED) is 0.328. The molecule has 32 heavy (non-hydrogen) atoms. The van der Waals surface area contributed by atoms with Gasteiger partial charge in [-0.3, -0.25) is 0 Å². The molecule has 4 rings (SSSR count). The van der Waals surface area contributed by atoms with E-state index in [4.69, 9.17) is 14.2 Å². The Labute approximate surface area is 192 Å². The van der Waals surface area contributed by atoms with Crippen LogP contribution in [0.1, 0.15) is 39.6 Å². The van der Waals surface area contributed by atoms with Gasteiger partial charge in [-0.15, -0.1) is 0 Å². The normalized spacial score (nSPS) is 10.9. The lowest BCUT2D eigenvalue weighted by atomic mass is 9.88. The number of hydrogen-bond acceptors (Lipinski definition) is 4. The Kier molecular flexibility index (Phi) is 7.31. The summed E-state index contributed by atoms with van der Waals surface area (Å²) in [6, 6.07) is 30.9. The number of carboxylic acid groups (broad SMARTS) is 1. The highest BCUT2D eigenvalue weighted by atomic mass is 32.1. The number of rotatable bonds is 10. The highest BCUT2D eigenvalue weighted by Gasteiger charge is 2.19. The molecule has 0 aliphatic heterocycles. The van der Waals surface area contributed by atoms with Crippen LogP contribution in [0.5, 0.6) is 5.75 Å². The minimum Gasteiger partial charge on any atom is -0.482 e. The Morgan fingerprint density at radius 1 is 0.875 bits per heavy atom. The van der Waals surface area contributed by atoms with Crippen LogP contribution in [0.2, 0.25) is 0 Å². The van der Waals surface area contributed by atoms with E-state index in [1.54, 1.807) is 17.6 Å². The van der Waals surface area contributed by atoms with E-state index >= 15 is 0 Å². The number of aryl methyl sites for hydroxylation is 2. The van der Waals surface area contributed by atoms with E-state index < -0.39 is 5.97 Å². The molecule has 0 radical (unpaired) electrons. The standard InChI is InChI=1S/C27H25NO3S/c29-26(30)19-31-23-15-7-9-20(17-23)10-8-16-24-18-25(28-32-24)27(21-11-3-1-4-12-21)22-13-5-2-6-14-22/h1-7,9,11-15,17-18,27H,8,10,16,19H2,(H,29,30). The molecule has 0 spiro atoms. The Morgan fingerprint density at radius 2 is 1.56 bits per heavy atom. The van der Waals surface area contributed by atoms with Crippen molar-refractivity contribution in [2.75, 3.05) is 6.61 Å². The van der Waals surface area contributed by atoms with Crippen LogP contribution in [0.3, 0.4) is 0 Å². The van der Waals surface area contributed by atoms with E-state index in [1.807, 2.05) is 30.3 Å². The second-order valence-corrected chi connectivity index (χ2v) is 8.55. The van der Waals surface area contributed by atoms with E-state index in [1.165, 1.54) is 16.0 Å². The number of ether oxygens (including phenoxy) is 1. The highest BCUT2D eigenvalue weighted by Crippen LogP contribution is 2.32. The van der Waals surface area contributed by atoms with Crippen molar-refractivity contribution in [1.82, 2.24) is 4.37 Å². The van der Waals surface area contributed by atoms with Crippen molar-refractivity contribution in [3.8, 4) is 5.75 Å². The average Bonchev–Trinajstić information content (AvgIpc) is 3.28. The zero-order chi connectivity index (χ0) is 22.2. The fraction of sp³-hybridized carbons (Fsp3) is 0.185. The molecule has 1 aromatic heterocycles. The summed E-state index contributed by atoms with van der Waals surface area (Å²) in [7, 11) is 0. The van der Waals surface area contributed by atoms with Crippen molar-refractivity contribution in [3.05, 3.63) is 118 Å². The van der Waals surface area contributed by atoms with Crippen LogP contribution in [0.25, 0.3) is 0 Å². The molecule has 0 amide bonds. The highest BCUT2D eigenvalue weighted by molar-refractivity contribution is 7.05. The Balaban J connectivity index is 1.42. The van der Waals surface area contributed by atoms with Crippen LogP contribution < -0.4 is 4.74 Å². The van der Waals surface area contributed by atoms with Gasteiger partial charge in [-0.1, -0.05) is 72.8 Å². The van der Waals surface area contributed by atoms with Crippen LogP contribution in [0.15, 0.2) is 91.0 Å². The maximum absolute atomic E-state index is 10.7. The zero-order valence-electron chi connectivity index (χ0n) is 17.7. The predicted molar refractivity (Wildman–Crippen MR) is 128 cm³/mol. The summed E-state index contributed by atoms with van der Waals surface area (Å²) < 4.78 is 10.1. The first-order valence-electron chi connectivity index (χ1n) is 10.7. The van der Waals surface area contributed by atoms with Crippen LogP contribution in [0.4, 0.5) is 0 Å². The monoisotopic (exact) mass is 443 g/mol. The number of carbonyl (C=O) groups is 1. The van der Waals surface area contributed by atoms with Gasteiger partial charge in [0.25, 0.3) is 0 Å². The number of carboxylic acids is 1. The first-order valence-corrected chi connectivity index (χ1v) is 11.5. The lowest BCUT2D eigenvalue weighted by Crippen LogP contribution is -2.09. The van der Waals surface area contributed by atoms with Crippen LogP contribution in [-0.4, -0.2) is 22.1 Å². The summed E-state index contributed by atoms with van der Waals surface area (Å²) in [6.07, 6.45) is 2.85. The third-order valence-electron chi connectivity index (χ3n) is 5.29. The van der Waals surface area contributed by atoms with E-state index in [0.717, 1.165) is 30.5 Å². The number of hydrogen-bond donors (Lipinski definition) is 1. The Hall–Kier alpha value is -3.44. The molecule has 5 heteroatoms. The molecule has 3 aromatic carbocycles. The van der Waals surface area contributed by atoms with Crippen LogP contribution in [-0.2, 0) is 17.6 Å². The van der Waals surface area contributed by atoms with Crippen molar-refractivity contribution in [1.29, 1.82) is 0 Å². The summed E-state index contributed by atoms with van der Waals surface area (Å²) in [6.45, 7) is -0.322. The molecule has 162 valence electrons. The van der Waals surface area contributed by atoms with Gasteiger partial charge in [0.1, 0.15) is 5.75 Å². The smallest absolute Gasteiger partial charge is 0.341 e. The molecule has 0 aliphatic carbocycles. The van der Waals surface area contributed by atoms with Gasteiger partial charge in [-0.2, -0.15) is 4.37 Å². The molecule has 0 saturated carbocycles. The largest absolute Gasteiger partial charge is 0.482 e. The third kappa shape index (κ3) is 5.83.